The molecule has 1 aromatic rings. The summed E-state index contributed by atoms with van der Waals surface area (Å²) in [6, 6.07) is 6.20. The first-order valence-electron chi connectivity index (χ1n) is 8.91. The Morgan fingerprint density at radius 1 is 1.28 bits per heavy atom. The molecule has 0 aliphatic carbocycles. The van der Waals surface area contributed by atoms with Crippen molar-refractivity contribution in [2.24, 2.45) is 5.41 Å². The van der Waals surface area contributed by atoms with Gasteiger partial charge in [-0.1, -0.05) is 26.8 Å². The summed E-state index contributed by atoms with van der Waals surface area (Å²) >= 11 is 0. The Bertz CT molecular complexity index is 649. The zero-order valence-electron chi connectivity index (χ0n) is 16.2. The predicted octanol–water partition coefficient (Wildman–Crippen LogP) is 3.08. The van der Waals surface area contributed by atoms with E-state index in [0.717, 1.165) is 12.2 Å². The highest BCUT2D eigenvalue weighted by molar-refractivity contribution is 5.82. The van der Waals surface area contributed by atoms with E-state index in [1.165, 1.54) is 11.1 Å². The largest absolute Gasteiger partial charge is 0.497 e. The molecule has 2 atom stereocenters. The lowest BCUT2D eigenvalue weighted by Gasteiger charge is -2.40. The van der Waals surface area contributed by atoms with Crippen molar-refractivity contribution < 1.29 is 14.3 Å². The van der Waals surface area contributed by atoms with Gasteiger partial charge in [-0.05, 0) is 43.5 Å². The average Bonchev–Trinajstić information content (AvgIpc) is 2.53. The summed E-state index contributed by atoms with van der Waals surface area (Å²) in [7, 11) is 1.67. The Balaban J connectivity index is 2.03. The predicted molar refractivity (Wildman–Crippen MR) is 98.5 cm³/mol. The Morgan fingerprint density at radius 3 is 2.56 bits per heavy atom. The number of nitrogens with one attached hydrogen (secondary N) is 1. The number of fused-ring (bicyclic) bond motifs is 1. The van der Waals surface area contributed by atoms with Crippen LogP contribution < -0.4 is 10.1 Å². The summed E-state index contributed by atoms with van der Waals surface area (Å²) in [5.74, 6) is 0.899. The molecule has 0 aromatic heterocycles. The van der Waals surface area contributed by atoms with Crippen molar-refractivity contribution in [2.45, 2.75) is 59.5 Å². The molecule has 0 radical (unpaired) electrons. The Hall–Kier alpha value is -2.04. The highest BCUT2D eigenvalue weighted by Crippen LogP contribution is 2.35. The van der Waals surface area contributed by atoms with Gasteiger partial charge in [0.15, 0.2) is 0 Å². The van der Waals surface area contributed by atoms with Crippen LogP contribution in [-0.4, -0.2) is 36.4 Å². The molecule has 0 saturated carbocycles. The SMILES string of the molecule is COc1ccc2c(c1)C[C@@H](C)N(C(=O)CCNC(=O)C(C)(C)C)[C@@H]2C. The number of ether oxygens (including phenoxy) is 1. The molecule has 1 aliphatic rings. The van der Waals surface area contributed by atoms with Crippen molar-refractivity contribution in [1.82, 2.24) is 10.2 Å². The van der Waals surface area contributed by atoms with Crippen LogP contribution in [-0.2, 0) is 16.0 Å². The van der Waals surface area contributed by atoms with Gasteiger partial charge in [0.05, 0.1) is 13.2 Å². The lowest BCUT2D eigenvalue weighted by atomic mass is 9.89. The molecular formula is C20H30N2O3. The normalized spacial score (nSPS) is 20.0. The van der Waals surface area contributed by atoms with Gasteiger partial charge in [0.25, 0.3) is 0 Å². The van der Waals surface area contributed by atoms with E-state index in [0.29, 0.717) is 13.0 Å². The molecule has 2 rings (SSSR count). The number of benzene rings is 1. The zero-order chi connectivity index (χ0) is 18.8. The number of hydrogen-bond acceptors (Lipinski definition) is 3. The summed E-state index contributed by atoms with van der Waals surface area (Å²) in [6.07, 6.45) is 1.14. The molecule has 138 valence electrons. The smallest absolute Gasteiger partial charge is 0.225 e. The Labute approximate surface area is 150 Å². The highest BCUT2D eigenvalue weighted by Gasteiger charge is 2.32. The van der Waals surface area contributed by atoms with E-state index in [9.17, 15) is 9.59 Å². The van der Waals surface area contributed by atoms with Crippen LogP contribution in [0.3, 0.4) is 0 Å². The second kappa shape index (κ2) is 7.46. The summed E-state index contributed by atoms with van der Waals surface area (Å²) in [5, 5.41) is 2.85. The standard InChI is InChI=1S/C20H30N2O3/c1-13-11-15-12-16(25-6)7-8-17(15)14(2)22(13)18(23)9-10-21-19(24)20(3,4)5/h7-8,12-14H,9-11H2,1-6H3,(H,21,24)/t13-,14-/m1/s1. The van der Waals surface area contributed by atoms with E-state index < -0.39 is 5.41 Å². The number of hydrogen-bond donors (Lipinski definition) is 1. The molecule has 5 nitrogen and oxygen atoms in total. The molecule has 2 amide bonds. The minimum Gasteiger partial charge on any atom is -0.497 e. The number of carbonyl (C=O) groups is 2. The lowest BCUT2D eigenvalue weighted by molar-refractivity contribution is -0.136. The van der Waals surface area contributed by atoms with Gasteiger partial charge in [-0.2, -0.15) is 0 Å². The first-order chi connectivity index (χ1) is 11.6. The topological polar surface area (TPSA) is 58.6 Å². The number of amides is 2. The van der Waals surface area contributed by atoms with Crippen molar-refractivity contribution in [1.29, 1.82) is 0 Å². The van der Waals surface area contributed by atoms with Gasteiger partial charge in [0.1, 0.15) is 5.75 Å². The third-order valence-corrected chi connectivity index (χ3v) is 4.80. The fourth-order valence-corrected chi connectivity index (χ4v) is 3.38. The third kappa shape index (κ3) is 4.33. The van der Waals surface area contributed by atoms with Crippen molar-refractivity contribution in [3.8, 4) is 5.75 Å². The maximum Gasteiger partial charge on any atom is 0.225 e. The lowest BCUT2D eigenvalue weighted by Crippen LogP contribution is -2.46. The van der Waals surface area contributed by atoms with Crippen LogP contribution in [0, 0.1) is 5.41 Å². The molecule has 0 unspecified atom stereocenters. The number of nitrogens with zero attached hydrogens (tertiary/aromatic N) is 1. The van der Waals surface area contributed by atoms with E-state index in [4.69, 9.17) is 4.74 Å². The molecule has 1 aromatic carbocycles. The quantitative estimate of drug-likeness (QED) is 0.911. The zero-order valence-corrected chi connectivity index (χ0v) is 16.2. The van der Waals surface area contributed by atoms with Crippen LogP contribution in [0.25, 0.3) is 0 Å². The van der Waals surface area contributed by atoms with Crippen molar-refractivity contribution >= 4 is 11.8 Å². The maximum atomic E-state index is 12.7. The molecule has 0 fully saturated rings. The van der Waals surface area contributed by atoms with Gasteiger partial charge in [-0.15, -0.1) is 0 Å². The fraction of sp³-hybridized carbons (Fsp3) is 0.600. The molecule has 1 N–H and O–H groups in total. The average molecular weight is 346 g/mol. The van der Waals surface area contributed by atoms with Crippen LogP contribution in [0.2, 0.25) is 0 Å². The summed E-state index contributed by atoms with van der Waals surface area (Å²) < 4.78 is 5.31. The van der Waals surface area contributed by atoms with E-state index in [1.807, 2.05) is 37.8 Å². The maximum absolute atomic E-state index is 12.7. The van der Waals surface area contributed by atoms with Gasteiger partial charge in [-0.3, -0.25) is 9.59 Å². The van der Waals surface area contributed by atoms with E-state index >= 15 is 0 Å². The molecule has 0 saturated heterocycles. The van der Waals surface area contributed by atoms with Crippen molar-refractivity contribution in [2.75, 3.05) is 13.7 Å². The fourth-order valence-electron chi connectivity index (χ4n) is 3.38. The molecule has 5 heteroatoms. The second-order valence-electron chi connectivity index (χ2n) is 7.85. The van der Waals surface area contributed by atoms with Gasteiger partial charge in [0, 0.05) is 24.4 Å². The van der Waals surface area contributed by atoms with Gasteiger partial charge in [-0.25, -0.2) is 0 Å². The van der Waals surface area contributed by atoms with Crippen molar-refractivity contribution in [3.63, 3.8) is 0 Å². The summed E-state index contributed by atoms with van der Waals surface area (Å²) in [6.45, 7) is 10.1. The molecule has 1 aliphatic heterocycles. The monoisotopic (exact) mass is 346 g/mol. The van der Waals surface area contributed by atoms with E-state index in [1.54, 1.807) is 7.11 Å². The molecule has 0 spiro atoms. The Morgan fingerprint density at radius 2 is 1.96 bits per heavy atom. The molecule has 1 heterocycles. The first-order valence-corrected chi connectivity index (χ1v) is 8.91. The summed E-state index contributed by atoms with van der Waals surface area (Å²) in [5.41, 5.74) is 1.97. The van der Waals surface area contributed by atoms with Crippen molar-refractivity contribution in [3.05, 3.63) is 29.3 Å². The van der Waals surface area contributed by atoms with E-state index in [-0.39, 0.29) is 23.9 Å². The van der Waals surface area contributed by atoms with Crippen LogP contribution in [0.15, 0.2) is 18.2 Å². The van der Waals surface area contributed by atoms with Crippen LogP contribution in [0.1, 0.15) is 58.2 Å². The molecular weight excluding hydrogens is 316 g/mol. The van der Waals surface area contributed by atoms with E-state index in [2.05, 4.69) is 25.2 Å². The minimum atomic E-state index is -0.438. The number of methoxy groups -OCH3 is 1. The molecule has 25 heavy (non-hydrogen) atoms. The van der Waals surface area contributed by atoms with Gasteiger partial charge in [0.2, 0.25) is 11.8 Å². The second-order valence-corrected chi connectivity index (χ2v) is 7.85. The van der Waals surface area contributed by atoms with Crippen LogP contribution in [0.4, 0.5) is 0 Å². The number of rotatable bonds is 4. The first kappa shape index (κ1) is 19.3. The highest BCUT2D eigenvalue weighted by atomic mass is 16.5. The minimum absolute atomic E-state index is 0.0236. The Kier molecular flexibility index (Phi) is 5.76. The van der Waals surface area contributed by atoms with Gasteiger partial charge >= 0.3 is 0 Å². The summed E-state index contributed by atoms with van der Waals surface area (Å²) in [4.78, 5) is 26.6. The number of carbonyl (C=O) groups excluding carboxylic acids is 2. The van der Waals surface area contributed by atoms with Gasteiger partial charge < -0.3 is 15.0 Å². The van der Waals surface area contributed by atoms with Crippen LogP contribution in [0.5, 0.6) is 5.75 Å². The van der Waals surface area contributed by atoms with Crippen LogP contribution >= 0.6 is 0 Å². The third-order valence-electron chi connectivity index (χ3n) is 4.80. The molecule has 0 bridgehead atoms.